The van der Waals surface area contributed by atoms with Gasteiger partial charge in [-0.15, -0.1) is 0 Å². The monoisotopic (exact) mass is 342 g/mol. The Morgan fingerprint density at radius 3 is 2.36 bits per heavy atom. The number of rotatable bonds is 4. The van der Waals surface area contributed by atoms with Gasteiger partial charge in [0, 0.05) is 0 Å². The summed E-state index contributed by atoms with van der Waals surface area (Å²) in [5.74, 6) is -1.48. The van der Waals surface area contributed by atoms with Crippen LogP contribution in [-0.4, -0.2) is 27.1 Å². The molecule has 1 aromatic heterocycles. The second-order valence-electron chi connectivity index (χ2n) is 6.89. The molecule has 0 aliphatic rings. The van der Waals surface area contributed by atoms with Gasteiger partial charge in [-0.05, 0) is 42.2 Å². The number of anilines is 1. The molecule has 132 valence electrons. The van der Waals surface area contributed by atoms with E-state index in [0.29, 0.717) is 5.69 Å². The van der Waals surface area contributed by atoms with Crippen LogP contribution in [0.25, 0.3) is 0 Å². The highest BCUT2D eigenvalue weighted by molar-refractivity contribution is 6.10. The minimum atomic E-state index is -1.16. The summed E-state index contributed by atoms with van der Waals surface area (Å²) in [7, 11) is 0. The Balaban J connectivity index is 2.36. The summed E-state index contributed by atoms with van der Waals surface area (Å²) >= 11 is 0. The van der Waals surface area contributed by atoms with Crippen molar-refractivity contribution >= 4 is 17.7 Å². The predicted octanol–water partition coefficient (Wildman–Crippen LogP) is 3.38. The van der Waals surface area contributed by atoms with Crippen LogP contribution in [-0.2, 0) is 5.41 Å². The molecule has 6 heteroatoms. The van der Waals surface area contributed by atoms with Gasteiger partial charge in [-0.25, -0.2) is 9.78 Å². The highest BCUT2D eigenvalue weighted by Gasteiger charge is 2.22. The Kier molecular flexibility index (Phi) is 5.23. The molecular weight excluding hydrogens is 320 g/mol. The number of carbonyl (C=O) groups excluding carboxylic acids is 1. The van der Waals surface area contributed by atoms with E-state index >= 15 is 0 Å². The number of nitrogens with one attached hydrogen (secondary N) is 1. The Morgan fingerprint density at radius 1 is 1.12 bits per heavy atom. The average Bonchev–Trinajstić information content (AvgIpc) is 2.53. The number of aromatic carboxylic acids is 1. The van der Waals surface area contributed by atoms with E-state index in [1.807, 2.05) is 20.8 Å². The van der Waals surface area contributed by atoms with Crippen LogP contribution in [0.2, 0.25) is 0 Å². The number of aliphatic hydroxyl groups is 1. The number of carbonyl (C=O) groups is 2. The van der Waals surface area contributed by atoms with E-state index in [1.54, 1.807) is 31.2 Å². The van der Waals surface area contributed by atoms with Crippen LogP contribution in [0.4, 0.5) is 5.82 Å². The summed E-state index contributed by atoms with van der Waals surface area (Å²) in [4.78, 5) is 28.2. The number of hydrogen-bond acceptors (Lipinski definition) is 4. The molecule has 0 saturated heterocycles. The standard InChI is InChI=1S/C19H22N2O4/c1-11(22)15-6-5-7-16(20-15)21-17(23)13-9-8-12(19(2,3)4)10-14(13)18(24)25/h5-11,22H,1-4H3,(H,24,25)(H,20,21,23)/t11-/m0/s1. The summed E-state index contributed by atoms with van der Waals surface area (Å²) in [5, 5.41) is 21.6. The molecule has 1 atom stereocenters. The van der Waals surface area contributed by atoms with E-state index in [-0.39, 0.29) is 22.4 Å². The Labute approximate surface area is 146 Å². The number of aromatic nitrogens is 1. The quantitative estimate of drug-likeness (QED) is 0.791. The third-order valence-electron chi connectivity index (χ3n) is 3.80. The maximum absolute atomic E-state index is 12.5. The molecule has 25 heavy (non-hydrogen) atoms. The number of benzene rings is 1. The topological polar surface area (TPSA) is 99.5 Å². The number of carboxylic acids is 1. The lowest BCUT2D eigenvalue weighted by Gasteiger charge is -2.20. The van der Waals surface area contributed by atoms with Crippen molar-refractivity contribution in [1.82, 2.24) is 4.98 Å². The Hall–Kier alpha value is -2.73. The third-order valence-corrected chi connectivity index (χ3v) is 3.80. The zero-order valence-electron chi connectivity index (χ0n) is 14.7. The van der Waals surface area contributed by atoms with Crippen LogP contribution in [0.15, 0.2) is 36.4 Å². The van der Waals surface area contributed by atoms with E-state index < -0.39 is 18.0 Å². The molecule has 3 N–H and O–H groups in total. The van der Waals surface area contributed by atoms with Gasteiger partial charge in [0.1, 0.15) is 5.82 Å². The first-order valence-electron chi connectivity index (χ1n) is 7.94. The van der Waals surface area contributed by atoms with Crippen molar-refractivity contribution in [3.05, 3.63) is 58.8 Å². The molecule has 2 aromatic rings. The van der Waals surface area contributed by atoms with Crippen molar-refractivity contribution in [3.63, 3.8) is 0 Å². The molecule has 0 aliphatic carbocycles. The second-order valence-corrected chi connectivity index (χ2v) is 6.89. The highest BCUT2D eigenvalue weighted by Crippen LogP contribution is 2.25. The Morgan fingerprint density at radius 2 is 1.80 bits per heavy atom. The van der Waals surface area contributed by atoms with Crippen LogP contribution in [0.1, 0.15) is 65.8 Å². The maximum Gasteiger partial charge on any atom is 0.336 e. The van der Waals surface area contributed by atoms with Crippen LogP contribution in [0.3, 0.4) is 0 Å². The summed E-state index contributed by atoms with van der Waals surface area (Å²) < 4.78 is 0. The van der Waals surface area contributed by atoms with Crippen molar-refractivity contribution < 1.29 is 19.8 Å². The summed E-state index contributed by atoms with van der Waals surface area (Å²) in [5.41, 5.74) is 1.02. The van der Waals surface area contributed by atoms with Crippen molar-refractivity contribution in [2.45, 2.75) is 39.2 Å². The molecule has 1 heterocycles. The van der Waals surface area contributed by atoms with E-state index in [9.17, 15) is 19.8 Å². The molecule has 0 unspecified atom stereocenters. The summed E-state index contributed by atoms with van der Waals surface area (Å²) in [6, 6.07) is 9.66. The SMILES string of the molecule is C[C@H](O)c1cccc(NC(=O)c2ccc(C(C)(C)C)cc2C(=O)O)n1. The number of pyridine rings is 1. The molecule has 2 rings (SSSR count). The predicted molar refractivity (Wildman–Crippen MR) is 94.9 cm³/mol. The summed E-state index contributed by atoms with van der Waals surface area (Å²) in [6.07, 6.45) is -0.766. The minimum Gasteiger partial charge on any atom is -0.478 e. The third kappa shape index (κ3) is 4.42. The lowest BCUT2D eigenvalue weighted by atomic mass is 9.85. The van der Waals surface area contributed by atoms with E-state index in [0.717, 1.165) is 5.56 Å². The van der Waals surface area contributed by atoms with Crippen molar-refractivity contribution in [1.29, 1.82) is 0 Å². The van der Waals surface area contributed by atoms with Gasteiger partial charge < -0.3 is 15.5 Å². The smallest absolute Gasteiger partial charge is 0.336 e. The first-order chi connectivity index (χ1) is 11.6. The molecule has 0 bridgehead atoms. The highest BCUT2D eigenvalue weighted by atomic mass is 16.4. The molecule has 1 amide bonds. The van der Waals surface area contributed by atoms with E-state index in [1.165, 1.54) is 12.1 Å². The first kappa shape index (κ1) is 18.6. The average molecular weight is 342 g/mol. The molecule has 0 aliphatic heterocycles. The molecule has 0 fully saturated rings. The van der Waals surface area contributed by atoms with E-state index in [2.05, 4.69) is 10.3 Å². The lowest BCUT2D eigenvalue weighted by molar-refractivity contribution is 0.0692. The van der Waals surface area contributed by atoms with Crippen molar-refractivity contribution in [2.24, 2.45) is 0 Å². The largest absolute Gasteiger partial charge is 0.478 e. The number of hydrogen-bond donors (Lipinski definition) is 3. The molecule has 0 radical (unpaired) electrons. The van der Waals surface area contributed by atoms with Gasteiger partial charge in [0.2, 0.25) is 0 Å². The van der Waals surface area contributed by atoms with E-state index in [4.69, 9.17) is 0 Å². The fourth-order valence-electron chi connectivity index (χ4n) is 2.32. The lowest BCUT2D eigenvalue weighted by Crippen LogP contribution is -2.19. The minimum absolute atomic E-state index is 0.0587. The van der Waals surface area contributed by atoms with Gasteiger partial charge >= 0.3 is 5.97 Å². The molecule has 6 nitrogen and oxygen atoms in total. The van der Waals surface area contributed by atoms with Crippen LogP contribution in [0.5, 0.6) is 0 Å². The first-order valence-corrected chi connectivity index (χ1v) is 7.94. The number of amides is 1. The van der Waals surface area contributed by atoms with Gasteiger partial charge in [0.25, 0.3) is 5.91 Å². The van der Waals surface area contributed by atoms with Crippen molar-refractivity contribution in [2.75, 3.05) is 5.32 Å². The second kappa shape index (κ2) is 7.03. The normalized spacial score (nSPS) is 12.5. The number of aliphatic hydroxyl groups excluding tert-OH is 1. The van der Waals surface area contributed by atoms with Gasteiger partial charge in [0.05, 0.1) is 22.9 Å². The molecule has 0 spiro atoms. The van der Waals surface area contributed by atoms with Gasteiger partial charge in [-0.2, -0.15) is 0 Å². The van der Waals surface area contributed by atoms with Crippen molar-refractivity contribution in [3.8, 4) is 0 Å². The molecule has 0 saturated carbocycles. The summed E-state index contributed by atoms with van der Waals surface area (Å²) in [6.45, 7) is 7.49. The van der Waals surface area contributed by atoms with Crippen LogP contribution >= 0.6 is 0 Å². The zero-order chi connectivity index (χ0) is 18.8. The number of nitrogens with zero attached hydrogens (tertiary/aromatic N) is 1. The van der Waals surface area contributed by atoms with Gasteiger partial charge in [-0.1, -0.05) is 32.9 Å². The fourth-order valence-corrected chi connectivity index (χ4v) is 2.32. The number of carboxylic acid groups (broad SMARTS) is 1. The fraction of sp³-hybridized carbons (Fsp3) is 0.316. The van der Waals surface area contributed by atoms with Gasteiger partial charge in [-0.3, -0.25) is 4.79 Å². The molecular formula is C19H22N2O4. The van der Waals surface area contributed by atoms with Gasteiger partial charge in [0.15, 0.2) is 0 Å². The maximum atomic E-state index is 12.5. The zero-order valence-corrected chi connectivity index (χ0v) is 14.7. The molecule has 1 aromatic carbocycles. The van der Waals surface area contributed by atoms with Crippen LogP contribution in [0, 0.1) is 0 Å². The van der Waals surface area contributed by atoms with Crippen LogP contribution < -0.4 is 5.32 Å². The Bertz CT molecular complexity index is 807.